The van der Waals surface area contributed by atoms with Gasteiger partial charge in [0.25, 0.3) is 11.8 Å². The van der Waals surface area contributed by atoms with Crippen LogP contribution in [0.25, 0.3) is 0 Å². The van der Waals surface area contributed by atoms with E-state index in [1.165, 1.54) is 12.1 Å². The van der Waals surface area contributed by atoms with Gasteiger partial charge >= 0.3 is 0 Å². The van der Waals surface area contributed by atoms with Gasteiger partial charge in [-0.25, -0.2) is 0 Å². The van der Waals surface area contributed by atoms with Crippen LogP contribution in [0.4, 0.5) is 5.69 Å². The molecule has 6 heteroatoms. The second-order valence-electron chi connectivity index (χ2n) is 5.19. The van der Waals surface area contributed by atoms with Crippen molar-refractivity contribution in [3.05, 3.63) is 23.8 Å². The molecule has 0 atom stereocenters. The summed E-state index contributed by atoms with van der Waals surface area (Å²) in [4.78, 5) is 23.0. The van der Waals surface area contributed by atoms with Crippen molar-refractivity contribution in [1.29, 1.82) is 0 Å². The number of nitrogen functional groups attached to an aromatic ring is 1. The molecule has 1 rings (SSSR count). The van der Waals surface area contributed by atoms with Gasteiger partial charge < -0.3 is 21.5 Å². The molecular formula is C14H21N3O3. The average molecular weight is 279 g/mol. The van der Waals surface area contributed by atoms with Crippen molar-refractivity contribution >= 4 is 17.5 Å². The van der Waals surface area contributed by atoms with E-state index in [9.17, 15) is 9.59 Å². The smallest absolute Gasteiger partial charge is 0.258 e. The summed E-state index contributed by atoms with van der Waals surface area (Å²) in [6, 6.07) is 4.52. The minimum Gasteiger partial charge on any atom is -0.483 e. The Morgan fingerprint density at radius 3 is 2.55 bits per heavy atom. The number of hydrogen-bond acceptors (Lipinski definition) is 4. The fraction of sp³-hybridized carbons (Fsp3) is 0.429. The molecule has 20 heavy (non-hydrogen) atoms. The maximum Gasteiger partial charge on any atom is 0.258 e. The van der Waals surface area contributed by atoms with Crippen LogP contribution < -0.4 is 21.5 Å². The third kappa shape index (κ3) is 4.46. The molecule has 0 heterocycles. The lowest BCUT2D eigenvalue weighted by Gasteiger charge is -2.24. The summed E-state index contributed by atoms with van der Waals surface area (Å²) in [6.07, 6.45) is 0.799. The van der Waals surface area contributed by atoms with Crippen LogP contribution in [-0.2, 0) is 4.79 Å². The quantitative estimate of drug-likeness (QED) is 0.676. The van der Waals surface area contributed by atoms with E-state index in [0.29, 0.717) is 5.69 Å². The molecule has 0 saturated carbocycles. The van der Waals surface area contributed by atoms with Crippen molar-refractivity contribution in [2.24, 2.45) is 5.73 Å². The van der Waals surface area contributed by atoms with Gasteiger partial charge in [0.1, 0.15) is 5.75 Å². The minimum atomic E-state index is -0.651. The van der Waals surface area contributed by atoms with Gasteiger partial charge in [0, 0.05) is 11.2 Å². The molecule has 0 radical (unpaired) electrons. The number of ether oxygens (including phenoxy) is 1. The summed E-state index contributed by atoms with van der Waals surface area (Å²) in [7, 11) is 0. The fourth-order valence-corrected chi connectivity index (χ4v) is 1.51. The van der Waals surface area contributed by atoms with E-state index in [-0.39, 0.29) is 29.4 Å². The highest BCUT2D eigenvalue weighted by atomic mass is 16.5. The summed E-state index contributed by atoms with van der Waals surface area (Å²) >= 11 is 0. The van der Waals surface area contributed by atoms with Gasteiger partial charge in [-0.05, 0) is 38.5 Å². The first-order chi connectivity index (χ1) is 9.25. The van der Waals surface area contributed by atoms with E-state index < -0.39 is 5.91 Å². The Morgan fingerprint density at radius 1 is 1.35 bits per heavy atom. The standard InChI is InChI=1S/C14H21N3O3/c1-4-14(2,3)17-12(18)8-20-11-6-5-9(15)7-10(11)13(16)19/h5-7H,4,8,15H2,1-3H3,(H2,16,19)(H,17,18). The number of primary amides is 1. The van der Waals surface area contributed by atoms with Crippen molar-refractivity contribution in [2.45, 2.75) is 32.7 Å². The zero-order chi connectivity index (χ0) is 15.3. The van der Waals surface area contributed by atoms with Crippen LogP contribution in [0.15, 0.2) is 18.2 Å². The molecule has 1 aromatic carbocycles. The molecule has 0 aliphatic rings. The number of benzene rings is 1. The first-order valence-corrected chi connectivity index (χ1v) is 6.38. The largest absolute Gasteiger partial charge is 0.483 e. The molecule has 0 bridgehead atoms. The maximum absolute atomic E-state index is 11.8. The number of rotatable bonds is 6. The Labute approximate surface area is 118 Å². The van der Waals surface area contributed by atoms with Crippen molar-refractivity contribution < 1.29 is 14.3 Å². The third-order valence-electron chi connectivity index (χ3n) is 2.99. The highest BCUT2D eigenvalue weighted by Gasteiger charge is 2.18. The Hall–Kier alpha value is -2.24. The van der Waals surface area contributed by atoms with Crippen LogP contribution in [0, 0.1) is 0 Å². The van der Waals surface area contributed by atoms with Gasteiger partial charge in [-0.3, -0.25) is 9.59 Å². The third-order valence-corrected chi connectivity index (χ3v) is 2.99. The first-order valence-electron chi connectivity index (χ1n) is 6.38. The topological polar surface area (TPSA) is 107 Å². The summed E-state index contributed by atoms with van der Waals surface area (Å²) in [6.45, 7) is 5.63. The highest BCUT2D eigenvalue weighted by molar-refractivity contribution is 5.96. The Morgan fingerprint density at radius 2 is 2.00 bits per heavy atom. The second-order valence-corrected chi connectivity index (χ2v) is 5.19. The van der Waals surface area contributed by atoms with Gasteiger partial charge in [-0.15, -0.1) is 0 Å². The normalized spacial score (nSPS) is 10.9. The lowest BCUT2D eigenvalue weighted by molar-refractivity contribution is -0.124. The molecule has 2 amide bonds. The molecule has 0 aliphatic heterocycles. The van der Waals surface area contributed by atoms with Crippen molar-refractivity contribution in [2.75, 3.05) is 12.3 Å². The molecule has 6 nitrogen and oxygen atoms in total. The number of hydrogen-bond donors (Lipinski definition) is 3. The Kier molecular flexibility index (Phi) is 4.96. The molecule has 0 unspecified atom stereocenters. The van der Waals surface area contributed by atoms with Crippen molar-refractivity contribution in [3.8, 4) is 5.75 Å². The van der Waals surface area contributed by atoms with E-state index in [2.05, 4.69) is 5.32 Å². The van der Waals surface area contributed by atoms with Crippen LogP contribution in [0.3, 0.4) is 0 Å². The van der Waals surface area contributed by atoms with E-state index in [4.69, 9.17) is 16.2 Å². The van der Waals surface area contributed by atoms with Crippen LogP contribution in [0.5, 0.6) is 5.75 Å². The molecule has 1 aromatic rings. The fourth-order valence-electron chi connectivity index (χ4n) is 1.51. The first kappa shape index (κ1) is 15.8. The molecular weight excluding hydrogens is 258 g/mol. The lowest BCUT2D eigenvalue weighted by Crippen LogP contribution is -2.45. The van der Waals surface area contributed by atoms with Gasteiger partial charge in [0.2, 0.25) is 0 Å². The van der Waals surface area contributed by atoms with E-state index in [1.54, 1.807) is 6.07 Å². The molecule has 0 aromatic heterocycles. The minimum absolute atomic E-state index is 0.160. The van der Waals surface area contributed by atoms with E-state index in [1.807, 2.05) is 20.8 Å². The predicted octanol–water partition coefficient (Wildman–Crippen LogP) is 1.05. The lowest BCUT2D eigenvalue weighted by atomic mass is 10.0. The van der Waals surface area contributed by atoms with Crippen LogP contribution in [-0.4, -0.2) is 24.0 Å². The Bertz CT molecular complexity index is 512. The number of amides is 2. The van der Waals surface area contributed by atoms with E-state index in [0.717, 1.165) is 6.42 Å². The summed E-state index contributed by atoms with van der Waals surface area (Å²) < 4.78 is 5.34. The maximum atomic E-state index is 11.8. The van der Waals surface area contributed by atoms with E-state index >= 15 is 0 Å². The molecule has 110 valence electrons. The van der Waals surface area contributed by atoms with Crippen molar-refractivity contribution in [1.82, 2.24) is 5.32 Å². The van der Waals surface area contributed by atoms with Gasteiger partial charge in [0.15, 0.2) is 6.61 Å². The monoisotopic (exact) mass is 279 g/mol. The number of carbonyl (C=O) groups is 2. The predicted molar refractivity (Wildman–Crippen MR) is 77.4 cm³/mol. The average Bonchev–Trinajstić information content (AvgIpc) is 2.36. The summed E-state index contributed by atoms with van der Waals surface area (Å²) in [5, 5.41) is 2.83. The van der Waals surface area contributed by atoms with Crippen molar-refractivity contribution in [3.63, 3.8) is 0 Å². The molecule has 0 aliphatic carbocycles. The van der Waals surface area contributed by atoms with Crippen LogP contribution in [0.2, 0.25) is 0 Å². The zero-order valence-corrected chi connectivity index (χ0v) is 12.0. The Balaban J connectivity index is 2.71. The second kappa shape index (κ2) is 6.27. The molecule has 0 spiro atoms. The van der Waals surface area contributed by atoms with Crippen LogP contribution in [0.1, 0.15) is 37.6 Å². The molecule has 0 fully saturated rings. The molecule has 5 N–H and O–H groups in total. The van der Waals surface area contributed by atoms with Gasteiger partial charge in [-0.2, -0.15) is 0 Å². The number of carbonyl (C=O) groups excluding carboxylic acids is 2. The molecule has 0 saturated heterocycles. The summed E-state index contributed by atoms with van der Waals surface area (Å²) in [5.74, 6) is -0.665. The number of anilines is 1. The SMILES string of the molecule is CCC(C)(C)NC(=O)COc1ccc(N)cc1C(N)=O. The van der Waals surface area contributed by atoms with Gasteiger partial charge in [-0.1, -0.05) is 6.92 Å². The summed E-state index contributed by atoms with van der Waals surface area (Å²) in [5.41, 5.74) is 11.1. The highest BCUT2D eigenvalue weighted by Crippen LogP contribution is 2.21. The zero-order valence-electron chi connectivity index (χ0n) is 12.0. The number of nitrogens with one attached hydrogen (secondary N) is 1. The van der Waals surface area contributed by atoms with Crippen LogP contribution >= 0.6 is 0 Å². The van der Waals surface area contributed by atoms with Gasteiger partial charge in [0.05, 0.1) is 5.56 Å². The number of nitrogens with two attached hydrogens (primary N) is 2.